The molecular weight excluding hydrogens is 198 g/mol. The highest BCUT2D eigenvalue weighted by atomic mass is 32.1. The average Bonchev–Trinajstić information content (AvgIpc) is 2.50. The Bertz CT molecular complexity index is 305. The van der Waals surface area contributed by atoms with Gasteiger partial charge in [-0.25, -0.2) is 4.98 Å². The predicted molar refractivity (Wildman–Crippen MR) is 58.7 cm³/mol. The van der Waals surface area contributed by atoms with Crippen LogP contribution in [0.5, 0.6) is 0 Å². The van der Waals surface area contributed by atoms with Crippen LogP contribution in [0.1, 0.15) is 13.8 Å². The topological polar surface area (TPSA) is 51.4 Å². The average molecular weight is 213 g/mol. The first-order valence-electron chi connectivity index (χ1n) is 4.76. The number of hydrogen-bond donors (Lipinski definition) is 1. The van der Waals surface area contributed by atoms with Gasteiger partial charge >= 0.3 is 0 Å². The van der Waals surface area contributed by atoms with Crippen molar-refractivity contribution in [2.24, 2.45) is 0 Å². The van der Waals surface area contributed by atoms with Crippen molar-refractivity contribution in [3.63, 3.8) is 0 Å². The summed E-state index contributed by atoms with van der Waals surface area (Å²) >= 11 is 1.59. The fraction of sp³-hybridized carbons (Fsp3) is 0.667. The van der Waals surface area contributed by atoms with E-state index in [1.165, 1.54) is 0 Å². The first kappa shape index (κ1) is 9.73. The number of nitrogens with two attached hydrogens (primary N) is 1. The zero-order valence-corrected chi connectivity index (χ0v) is 9.25. The molecule has 1 fully saturated rings. The predicted octanol–water partition coefficient (Wildman–Crippen LogP) is 1.34. The summed E-state index contributed by atoms with van der Waals surface area (Å²) in [6, 6.07) is 0. The molecule has 1 saturated heterocycles. The van der Waals surface area contributed by atoms with E-state index in [9.17, 15) is 0 Å². The standard InChI is InChI=1S/C9H15N3OS/c1-6-3-12(4-7(2)13-6)9-11-8(10)5-14-9/h5-7H,3-4,10H2,1-2H3/t6-,7-/m0/s1. The summed E-state index contributed by atoms with van der Waals surface area (Å²) in [7, 11) is 0. The van der Waals surface area contributed by atoms with Crippen LogP contribution in [-0.2, 0) is 4.74 Å². The van der Waals surface area contributed by atoms with E-state index in [4.69, 9.17) is 10.5 Å². The largest absolute Gasteiger partial charge is 0.383 e. The van der Waals surface area contributed by atoms with Gasteiger partial charge in [0.1, 0.15) is 5.82 Å². The lowest BCUT2D eigenvalue weighted by Gasteiger charge is -2.35. The molecular formula is C9H15N3OS. The minimum absolute atomic E-state index is 0.267. The summed E-state index contributed by atoms with van der Waals surface area (Å²) in [5, 5.41) is 2.88. The quantitative estimate of drug-likeness (QED) is 0.765. The summed E-state index contributed by atoms with van der Waals surface area (Å²) in [4.78, 5) is 6.51. The number of rotatable bonds is 1. The van der Waals surface area contributed by atoms with Crippen molar-refractivity contribution in [3.05, 3.63) is 5.38 Å². The molecule has 0 saturated carbocycles. The Morgan fingerprint density at radius 3 is 2.64 bits per heavy atom. The first-order chi connectivity index (χ1) is 6.65. The van der Waals surface area contributed by atoms with Crippen LogP contribution in [0, 0.1) is 0 Å². The maximum absolute atomic E-state index is 5.65. The number of aromatic nitrogens is 1. The molecule has 1 aliphatic heterocycles. The molecule has 5 heteroatoms. The summed E-state index contributed by atoms with van der Waals surface area (Å²) < 4.78 is 5.65. The van der Waals surface area contributed by atoms with Crippen LogP contribution >= 0.6 is 11.3 Å². The molecule has 2 heterocycles. The molecule has 0 radical (unpaired) electrons. The van der Waals surface area contributed by atoms with Crippen LogP contribution in [0.2, 0.25) is 0 Å². The van der Waals surface area contributed by atoms with E-state index in [1.807, 2.05) is 5.38 Å². The van der Waals surface area contributed by atoms with Crippen molar-refractivity contribution < 1.29 is 4.74 Å². The molecule has 0 aromatic carbocycles. The minimum atomic E-state index is 0.267. The zero-order chi connectivity index (χ0) is 10.1. The second kappa shape index (κ2) is 3.74. The zero-order valence-electron chi connectivity index (χ0n) is 8.43. The van der Waals surface area contributed by atoms with E-state index in [1.54, 1.807) is 11.3 Å². The first-order valence-corrected chi connectivity index (χ1v) is 5.64. The Morgan fingerprint density at radius 1 is 1.50 bits per heavy atom. The summed E-state index contributed by atoms with van der Waals surface area (Å²) in [6.45, 7) is 5.97. The van der Waals surface area contributed by atoms with Gasteiger partial charge in [-0.1, -0.05) is 0 Å². The van der Waals surface area contributed by atoms with Crippen molar-refractivity contribution in [3.8, 4) is 0 Å². The molecule has 78 valence electrons. The van der Waals surface area contributed by atoms with Gasteiger partial charge < -0.3 is 15.4 Å². The molecule has 14 heavy (non-hydrogen) atoms. The van der Waals surface area contributed by atoms with Crippen molar-refractivity contribution in [1.82, 2.24) is 4.98 Å². The number of thiazole rings is 1. The Labute approximate surface area is 87.7 Å². The summed E-state index contributed by atoms with van der Waals surface area (Å²) in [5.74, 6) is 0.608. The summed E-state index contributed by atoms with van der Waals surface area (Å²) in [6.07, 6.45) is 0.535. The second-order valence-corrected chi connectivity index (χ2v) is 4.55. The SMILES string of the molecule is C[C@H]1CN(c2nc(N)cs2)C[C@H](C)O1. The molecule has 0 spiro atoms. The van der Waals surface area contributed by atoms with E-state index < -0.39 is 0 Å². The third kappa shape index (κ3) is 1.99. The smallest absolute Gasteiger partial charge is 0.187 e. The fourth-order valence-electron chi connectivity index (χ4n) is 1.76. The molecule has 2 atom stereocenters. The number of nitrogens with zero attached hydrogens (tertiary/aromatic N) is 2. The third-order valence-corrected chi connectivity index (χ3v) is 3.12. The van der Waals surface area contributed by atoms with Gasteiger partial charge in [0.05, 0.1) is 12.2 Å². The van der Waals surface area contributed by atoms with Crippen LogP contribution in [0.25, 0.3) is 0 Å². The number of nitrogen functional groups attached to an aromatic ring is 1. The minimum Gasteiger partial charge on any atom is -0.383 e. The van der Waals surface area contributed by atoms with Crippen molar-refractivity contribution in [1.29, 1.82) is 0 Å². The van der Waals surface area contributed by atoms with Gasteiger partial charge in [0, 0.05) is 18.5 Å². The second-order valence-electron chi connectivity index (χ2n) is 3.72. The van der Waals surface area contributed by atoms with E-state index >= 15 is 0 Å². The van der Waals surface area contributed by atoms with Crippen molar-refractivity contribution in [2.75, 3.05) is 23.7 Å². The van der Waals surface area contributed by atoms with Gasteiger partial charge in [-0.05, 0) is 13.8 Å². The van der Waals surface area contributed by atoms with E-state index in [2.05, 4.69) is 23.7 Å². The lowest BCUT2D eigenvalue weighted by molar-refractivity contribution is -0.00522. The molecule has 0 bridgehead atoms. The Balaban J connectivity index is 2.10. The van der Waals surface area contributed by atoms with E-state index in [0.29, 0.717) is 5.82 Å². The molecule has 2 N–H and O–H groups in total. The Kier molecular flexibility index (Phi) is 2.60. The highest BCUT2D eigenvalue weighted by Crippen LogP contribution is 2.24. The van der Waals surface area contributed by atoms with E-state index in [0.717, 1.165) is 18.2 Å². The van der Waals surface area contributed by atoms with Crippen LogP contribution in [0.3, 0.4) is 0 Å². The lowest BCUT2D eigenvalue weighted by Crippen LogP contribution is -2.45. The van der Waals surface area contributed by atoms with Crippen LogP contribution in [-0.4, -0.2) is 30.3 Å². The number of morpholine rings is 1. The fourth-order valence-corrected chi connectivity index (χ4v) is 2.49. The van der Waals surface area contributed by atoms with E-state index in [-0.39, 0.29) is 12.2 Å². The molecule has 1 aliphatic rings. The molecule has 0 unspecified atom stereocenters. The maximum atomic E-state index is 5.65. The van der Waals surface area contributed by atoms with Gasteiger partial charge in [0.2, 0.25) is 0 Å². The van der Waals surface area contributed by atoms with Gasteiger partial charge in [0.15, 0.2) is 5.13 Å². The molecule has 0 amide bonds. The number of ether oxygens (including phenoxy) is 1. The maximum Gasteiger partial charge on any atom is 0.187 e. The molecule has 0 aliphatic carbocycles. The molecule has 4 nitrogen and oxygen atoms in total. The molecule has 1 aromatic heterocycles. The van der Waals surface area contributed by atoms with Crippen LogP contribution in [0.15, 0.2) is 5.38 Å². The third-order valence-electron chi connectivity index (χ3n) is 2.20. The van der Waals surface area contributed by atoms with Crippen LogP contribution < -0.4 is 10.6 Å². The highest BCUT2D eigenvalue weighted by Gasteiger charge is 2.23. The van der Waals surface area contributed by atoms with Crippen LogP contribution in [0.4, 0.5) is 10.9 Å². The Hall–Kier alpha value is -0.810. The highest BCUT2D eigenvalue weighted by molar-refractivity contribution is 7.14. The van der Waals surface area contributed by atoms with Gasteiger partial charge in [-0.15, -0.1) is 11.3 Å². The Morgan fingerprint density at radius 2 is 2.14 bits per heavy atom. The summed E-state index contributed by atoms with van der Waals surface area (Å²) in [5.41, 5.74) is 5.60. The lowest BCUT2D eigenvalue weighted by atomic mass is 10.2. The normalized spacial score (nSPS) is 28.0. The monoisotopic (exact) mass is 213 g/mol. The van der Waals surface area contributed by atoms with Gasteiger partial charge in [-0.3, -0.25) is 0 Å². The molecule has 1 aromatic rings. The van der Waals surface area contributed by atoms with Gasteiger partial charge in [0.25, 0.3) is 0 Å². The van der Waals surface area contributed by atoms with Gasteiger partial charge in [-0.2, -0.15) is 0 Å². The van der Waals surface area contributed by atoms with Crippen molar-refractivity contribution >= 4 is 22.3 Å². The number of hydrogen-bond acceptors (Lipinski definition) is 5. The molecule has 2 rings (SSSR count). The van der Waals surface area contributed by atoms with Crippen molar-refractivity contribution in [2.45, 2.75) is 26.1 Å². The number of anilines is 2.